The van der Waals surface area contributed by atoms with Crippen molar-refractivity contribution in [2.45, 2.75) is 52.5 Å². The van der Waals surface area contributed by atoms with Crippen LogP contribution in [0.4, 0.5) is 0 Å². The first kappa shape index (κ1) is 11.6. The van der Waals surface area contributed by atoms with Gasteiger partial charge in [0.1, 0.15) is 0 Å². The van der Waals surface area contributed by atoms with E-state index in [4.69, 9.17) is 0 Å². The summed E-state index contributed by atoms with van der Waals surface area (Å²) in [6.45, 7) is 7.70. The number of hydrogen-bond acceptors (Lipinski definition) is 1. The van der Waals surface area contributed by atoms with Crippen molar-refractivity contribution in [3.63, 3.8) is 0 Å². The normalized spacial score (nSPS) is 32.1. The van der Waals surface area contributed by atoms with E-state index >= 15 is 0 Å². The van der Waals surface area contributed by atoms with Crippen LogP contribution in [0.3, 0.4) is 0 Å². The van der Waals surface area contributed by atoms with Gasteiger partial charge in [-0.3, -0.25) is 0 Å². The van der Waals surface area contributed by atoms with Crippen molar-refractivity contribution in [2.75, 3.05) is 6.54 Å². The van der Waals surface area contributed by atoms with Gasteiger partial charge in [0.05, 0.1) is 0 Å². The lowest BCUT2D eigenvalue weighted by atomic mass is 9.80. The minimum Gasteiger partial charge on any atom is -0.313 e. The van der Waals surface area contributed by atoms with Crippen LogP contribution in [0.15, 0.2) is 0 Å². The first-order valence-electron chi connectivity index (χ1n) is 5.87. The zero-order valence-electron chi connectivity index (χ0n) is 9.77. The van der Waals surface area contributed by atoms with Gasteiger partial charge in [-0.2, -0.15) is 0 Å². The molecule has 1 rings (SSSR count). The molecule has 1 nitrogen and oxygen atoms in total. The predicted molar refractivity (Wildman–Crippen MR) is 62.0 cm³/mol. The Morgan fingerprint density at radius 3 is 2.79 bits per heavy atom. The number of hydrogen-bond donors (Lipinski definition) is 1. The van der Waals surface area contributed by atoms with Gasteiger partial charge in [-0.15, -0.1) is 11.8 Å². The van der Waals surface area contributed by atoms with E-state index in [2.05, 4.69) is 31.0 Å². The lowest BCUT2D eigenvalue weighted by Gasteiger charge is -2.33. The van der Waals surface area contributed by atoms with Crippen LogP contribution in [0.5, 0.6) is 0 Å². The third-order valence-corrected chi connectivity index (χ3v) is 3.29. The van der Waals surface area contributed by atoms with Gasteiger partial charge in [-0.25, -0.2) is 0 Å². The second-order valence-electron chi connectivity index (χ2n) is 4.63. The molecule has 0 amide bonds. The Kier molecular flexibility index (Phi) is 5.04. The summed E-state index contributed by atoms with van der Waals surface area (Å²) in [5, 5.41) is 3.63. The highest BCUT2D eigenvalue weighted by Crippen LogP contribution is 2.28. The summed E-state index contributed by atoms with van der Waals surface area (Å²) in [4.78, 5) is 0. The molecule has 1 fully saturated rings. The van der Waals surface area contributed by atoms with Gasteiger partial charge in [-0.1, -0.05) is 20.3 Å². The molecule has 0 heterocycles. The molecule has 0 aromatic rings. The van der Waals surface area contributed by atoms with Crippen LogP contribution in [0.1, 0.15) is 46.5 Å². The molecule has 0 spiro atoms. The quantitative estimate of drug-likeness (QED) is 0.537. The molecule has 1 heteroatoms. The summed E-state index contributed by atoms with van der Waals surface area (Å²) in [6, 6.07) is 0.734. The molecule has 3 unspecified atom stereocenters. The first-order valence-corrected chi connectivity index (χ1v) is 5.87. The average molecular weight is 193 g/mol. The maximum atomic E-state index is 3.63. The highest BCUT2D eigenvalue weighted by atomic mass is 14.9. The molecule has 0 bridgehead atoms. The Morgan fingerprint density at radius 2 is 2.07 bits per heavy atom. The molecule has 1 N–H and O–H groups in total. The Bertz CT molecular complexity index is 211. The molecular formula is C13H23N. The largest absolute Gasteiger partial charge is 0.313 e. The summed E-state index contributed by atoms with van der Waals surface area (Å²) < 4.78 is 0. The average Bonchev–Trinajstić information content (AvgIpc) is 2.18. The SMILES string of the molecule is CC#CCCNC1CC(C)CCC1C. The molecule has 0 radical (unpaired) electrons. The Balaban J connectivity index is 2.22. The van der Waals surface area contributed by atoms with E-state index in [9.17, 15) is 0 Å². The van der Waals surface area contributed by atoms with E-state index in [-0.39, 0.29) is 0 Å². The number of rotatable bonds is 3. The minimum atomic E-state index is 0.734. The topological polar surface area (TPSA) is 12.0 Å². The van der Waals surface area contributed by atoms with Crippen LogP contribution in [0, 0.1) is 23.7 Å². The monoisotopic (exact) mass is 193 g/mol. The zero-order valence-corrected chi connectivity index (χ0v) is 9.77. The van der Waals surface area contributed by atoms with Gasteiger partial charge in [0, 0.05) is 19.0 Å². The molecule has 3 atom stereocenters. The van der Waals surface area contributed by atoms with Crippen LogP contribution >= 0.6 is 0 Å². The van der Waals surface area contributed by atoms with E-state index in [1.165, 1.54) is 19.3 Å². The van der Waals surface area contributed by atoms with Gasteiger partial charge in [-0.05, 0) is 31.6 Å². The maximum absolute atomic E-state index is 3.63. The summed E-state index contributed by atoms with van der Waals surface area (Å²) in [5.74, 6) is 7.79. The predicted octanol–water partition coefficient (Wildman–Crippen LogP) is 2.81. The third kappa shape index (κ3) is 3.72. The Hall–Kier alpha value is -0.480. The fraction of sp³-hybridized carbons (Fsp3) is 0.846. The van der Waals surface area contributed by atoms with E-state index < -0.39 is 0 Å². The van der Waals surface area contributed by atoms with Crippen LogP contribution in [-0.2, 0) is 0 Å². The lowest BCUT2D eigenvalue weighted by Crippen LogP contribution is -2.39. The molecular weight excluding hydrogens is 170 g/mol. The Morgan fingerprint density at radius 1 is 1.29 bits per heavy atom. The highest BCUT2D eigenvalue weighted by Gasteiger charge is 2.24. The molecule has 80 valence electrons. The highest BCUT2D eigenvalue weighted by molar-refractivity contribution is 4.95. The summed E-state index contributed by atoms with van der Waals surface area (Å²) in [6.07, 6.45) is 5.14. The van der Waals surface area contributed by atoms with Crippen LogP contribution in [0.25, 0.3) is 0 Å². The standard InChI is InChI=1S/C13H23N/c1-4-5-6-9-14-13-10-11(2)7-8-12(13)3/h11-14H,6-10H2,1-3H3. The molecule has 0 aromatic heterocycles. The second kappa shape index (κ2) is 6.09. The van der Waals surface area contributed by atoms with E-state index in [1.807, 2.05) is 6.92 Å². The molecule has 14 heavy (non-hydrogen) atoms. The summed E-state index contributed by atoms with van der Waals surface area (Å²) >= 11 is 0. The van der Waals surface area contributed by atoms with Crippen molar-refractivity contribution >= 4 is 0 Å². The molecule has 0 aromatic carbocycles. The van der Waals surface area contributed by atoms with Crippen molar-refractivity contribution in [1.29, 1.82) is 0 Å². The first-order chi connectivity index (χ1) is 6.74. The van der Waals surface area contributed by atoms with E-state index in [0.717, 1.165) is 30.8 Å². The van der Waals surface area contributed by atoms with Crippen molar-refractivity contribution < 1.29 is 0 Å². The van der Waals surface area contributed by atoms with Crippen molar-refractivity contribution in [3.8, 4) is 11.8 Å². The Labute approximate surface area is 88.7 Å². The molecule has 1 aliphatic rings. The fourth-order valence-electron chi connectivity index (χ4n) is 2.26. The number of nitrogens with one attached hydrogen (secondary N) is 1. The van der Waals surface area contributed by atoms with Crippen molar-refractivity contribution in [3.05, 3.63) is 0 Å². The molecule has 0 aliphatic heterocycles. The van der Waals surface area contributed by atoms with Gasteiger partial charge in [0.25, 0.3) is 0 Å². The van der Waals surface area contributed by atoms with Crippen LogP contribution in [0.2, 0.25) is 0 Å². The fourth-order valence-corrected chi connectivity index (χ4v) is 2.26. The van der Waals surface area contributed by atoms with E-state index in [1.54, 1.807) is 0 Å². The third-order valence-electron chi connectivity index (χ3n) is 3.29. The van der Waals surface area contributed by atoms with Crippen LogP contribution < -0.4 is 5.32 Å². The lowest BCUT2D eigenvalue weighted by molar-refractivity contribution is 0.230. The summed E-state index contributed by atoms with van der Waals surface area (Å²) in [7, 11) is 0. The van der Waals surface area contributed by atoms with Gasteiger partial charge in [0.15, 0.2) is 0 Å². The van der Waals surface area contributed by atoms with Crippen LogP contribution in [-0.4, -0.2) is 12.6 Å². The zero-order chi connectivity index (χ0) is 10.4. The molecule has 0 saturated heterocycles. The second-order valence-corrected chi connectivity index (χ2v) is 4.63. The van der Waals surface area contributed by atoms with Crippen molar-refractivity contribution in [1.82, 2.24) is 5.32 Å². The van der Waals surface area contributed by atoms with E-state index in [0.29, 0.717) is 0 Å². The van der Waals surface area contributed by atoms with Gasteiger partial charge >= 0.3 is 0 Å². The smallest absolute Gasteiger partial charge is 0.0214 e. The molecule has 1 aliphatic carbocycles. The molecule has 1 saturated carbocycles. The maximum Gasteiger partial charge on any atom is 0.0214 e. The minimum absolute atomic E-state index is 0.734. The van der Waals surface area contributed by atoms with Gasteiger partial charge in [0.2, 0.25) is 0 Å². The van der Waals surface area contributed by atoms with Crippen molar-refractivity contribution in [2.24, 2.45) is 11.8 Å². The van der Waals surface area contributed by atoms with Gasteiger partial charge < -0.3 is 5.32 Å². The summed E-state index contributed by atoms with van der Waals surface area (Å²) in [5.41, 5.74) is 0.